The van der Waals surface area contributed by atoms with Gasteiger partial charge in [-0.25, -0.2) is 4.79 Å². The van der Waals surface area contributed by atoms with Crippen molar-refractivity contribution in [3.05, 3.63) is 29.3 Å². The Morgan fingerprint density at radius 2 is 1.83 bits per heavy atom. The van der Waals surface area contributed by atoms with Crippen LogP contribution in [0.1, 0.15) is 15.9 Å². The van der Waals surface area contributed by atoms with Crippen molar-refractivity contribution in [2.75, 3.05) is 27.9 Å². The van der Waals surface area contributed by atoms with Gasteiger partial charge in [0.05, 0.1) is 12.7 Å². The van der Waals surface area contributed by atoms with Gasteiger partial charge in [-0.15, -0.1) is 0 Å². The topological polar surface area (TPSA) is 54.0 Å². The second-order valence-corrected chi connectivity index (χ2v) is 3.74. The van der Waals surface area contributed by atoms with Crippen molar-refractivity contribution < 1.29 is 23.7 Å². The van der Waals surface area contributed by atoms with Crippen molar-refractivity contribution in [3.63, 3.8) is 0 Å². The number of hydrogen-bond donors (Lipinski definition) is 0. The average molecular weight is 254 g/mol. The molecule has 5 heteroatoms. The van der Waals surface area contributed by atoms with Crippen LogP contribution in [0.2, 0.25) is 0 Å². The Balaban J connectivity index is 2.77. The maximum absolute atomic E-state index is 11.4. The summed E-state index contributed by atoms with van der Waals surface area (Å²) in [6.45, 7) is 2.13. The predicted molar refractivity (Wildman–Crippen MR) is 65.8 cm³/mol. The van der Waals surface area contributed by atoms with Crippen molar-refractivity contribution in [1.82, 2.24) is 0 Å². The van der Waals surface area contributed by atoms with Crippen LogP contribution < -0.4 is 4.74 Å². The zero-order valence-electron chi connectivity index (χ0n) is 11.1. The van der Waals surface area contributed by atoms with E-state index in [4.69, 9.17) is 14.2 Å². The maximum atomic E-state index is 11.4. The average Bonchev–Trinajstić information content (AvgIpc) is 2.38. The van der Waals surface area contributed by atoms with E-state index >= 15 is 0 Å². The van der Waals surface area contributed by atoms with Gasteiger partial charge in [-0.1, -0.05) is 0 Å². The molecular formula is C13H18O5. The maximum Gasteiger partial charge on any atom is 0.337 e. The molecule has 5 nitrogen and oxygen atoms in total. The van der Waals surface area contributed by atoms with Crippen LogP contribution in [0.4, 0.5) is 0 Å². The minimum absolute atomic E-state index is 0.247. The highest BCUT2D eigenvalue weighted by Gasteiger charge is 2.10. The normalized spacial score (nSPS) is 10.5. The number of carbonyl (C=O) groups excluding carboxylic acids is 1. The molecule has 0 unspecified atom stereocenters. The first-order chi connectivity index (χ1) is 8.60. The van der Waals surface area contributed by atoms with Crippen molar-refractivity contribution in [1.29, 1.82) is 0 Å². The van der Waals surface area contributed by atoms with E-state index in [1.54, 1.807) is 12.1 Å². The van der Waals surface area contributed by atoms with Crippen molar-refractivity contribution >= 4 is 5.97 Å². The van der Waals surface area contributed by atoms with Crippen LogP contribution in [0.5, 0.6) is 5.75 Å². The number of rotatable bonds is 6. The number of ether oxygens (including phenoxy) is 4. The summed E-state index contributed by atoms with van der Waals surface area (Å²) in [6.07, 6.45) is -0.438. The van der Waals surface area contributed by atoms with Gasteiger partial charge in [0.2, 0.25) is 0 Å². The molecule has 1 aromatic rings. The first-order valence-electron chi connectivity index (χ1n) is 5.49. The van der Waals surface area contributed by atoms with Gasteiger partial charge in [-0.2, -0.15) is 0 Å². The van der Waals surface area contributed by atoms with Crippen LogP contribution in [0.15, 0.2) is 18.2 Å². The quantitative estimate of drug-likeness (QED) is 0.572. The molecule has 1 rings (SSSR count). The molecule has 1 aromatic carbocycles. The lowest BCUT2D eigenvalue weighted by atomic mass is 10.1. The molecule has 0 amide bonds. The summed E-state index contributed by atoms with van der Waals surface area (Å²) in [7, 11) is 4.42. The second-order valence-electron chi connectivity index (χ2n) is 3.74. The largest absolute Gasteiger partial charge is 0.488 e. The molecule has 0 saturated carbocycles. The summed E-state index contributed by atoms with van der Waals surface area (Å²) in [5.74, 6) is 0.188. The van der Waals surface area contributed by atoms with Gasteiger partial charge in [-0.05, 0) is 30.7 Å². The summed E-state index contributed by atoms with van der Waals surface area (Å²) in [6, 6.07) is 5.19. The number of aryl methyl sites for hydroxylation is 1. The fourth-order valence-electron chi connectivity index (χ4n) is 1.46. The fraction of sp³-hybridized carbons (Fsp3) is 0.462. The zero-order chi connectivity index (χ0) is 13.5. The third kappa shape index (κ3) is 4.01. The summed E-state index contributed by atoms with van der Waals surface area (Å²) in [5, 5.41) is 0. The molecule has 100 valence electrons. The first kappa shape index (κ1) is 14.5. The lowest BCUT2D eigenvalue weighted by molar-refractivity contribution is -0.121. The van der Waals surface area contributed by atoms with Gasteiger partial charge in [0.15, 0.2) is 6.29 Å². The summed E-state index contributed by atoms with van der Waals surface area (Å²) >= 11 is 0. The van der Waals surface area contributed by atoms with Gasteiger partial charge < -0.3 is 18.9 Å². The molecule has 0 N–H and O–H groups in total. The Hall–Kier alpha value is -1.59. The molecule has 0 aliphatic rings. The fourth-order valence-corrected chi connectivity index (χ4v) is 1.46. The van der Waals surface area contributed by atoms with E-state index in [1.807, 2.05) is 13.0 Å². The standard InChI is InChI=1S/C13H18O5/c1-9-5-10(13(14)17-4)7-11(6-9)18-8-12(15-2)16-3/h5-7,12H,8H2,1-4H3. The number of hydrogen-bond acceptors (Lipinski definition) is 5. The van der Waals surface area contributed by atoms with Gasteiger partial charge >= 0.3 is 5.97 Å². The Labute approximate surface area is 107 Å². The summed E-state index contributed by atoms with van der Waals surface area (Å²) in [4.78, 5) is 11.4. The van der Waals surface area contributed by atoms with E-state index in [1.165, 1.54) is 21.3 Å². The predicted octanol–water partition coefficient (Wildman–Crippen LogP) is 1.78. The van der Waals surface area contributed by atoms with E-state index in [-0.39, 0.29) is 6.61 Å². The van der Waals surface area contributed by atoms with Crippen molar-refractivity contribution in [2.24, 2.45) is 0 Å². The molecule has 0 bridgehead atoms. The number of benzene rings is 1. The Kier molecular flexibility index (Phi) is 5.61. The van der Waals surface area contributed by atoms with E-state index in [0.717, 1.165) is 5.56 Å². The van der Waals surface area contributed by atoms with Crippen LogP contribution in [0.3, 0.4) is 0 Å². The molecule has 0 atom stereocenters. The second kappa shape index (κ2) is 6.98. The molecule has 0 saturated heterocycles. The van der Waals surface area contributed by atoms with E-state index in [2.05, 4.69) is 4.74 Å². The minimum Gasteiger partial charge on any atom is -0.488 e. The van der Waals surface area contributed by atoms with E-state index < -0.39 is 12.3 Å². The lowest BCUT2D eigenvalue weighted by Gasteiger charge is -2.15. The third-order valence-corrected chi connectivity index (χ3v) is 2.38. The molecule has 0 spiro atoms. The van der Waals surface area contributed by atoms with Gasteiger partial charge in [0.25, 0.3) is 0 Å². The Morgan fingerprint density at radius 1 is 1.17 bits per heavy atom. The zero-order valence-corrected chi connectivity index (χ0v) is 11.1. The van der Waals surface area contributed by atoms with E-state index in [0.29, 0.717) is 11.3 Å². The molecule has 18 heavy (non-hydrogen) atoms. The highest BCUT2D eigenvalue weighted by Crippen LogP contribution is 2.18. The van der Waals surface area contributed by atoms with Crippen LogP contribution in [-0.4, -0.2) is 40.2 Å². The molecule has 0 aliphatic carbocycles. The monoisotopic (exact) mass is 254 g/mol. The molecular weight excluding hydrogens is 236 g/mol. The molecule has 0 heterocycles. The molecule has 0 aliphatic heterocycles. The molecule has 0 aromatic heterocycles. The smallest absolute Gasteiger partial charge is 0.337 e. The Bertz CT molecular complexity index is 398. The summed E-state index contributed by atoms with van der Waals surface area (Å²) < 4.78 is 20.2. The lowest BCUT2D eigenvalue weighted by Crippen LogP contribution is -2.22. The van der Waals surface area contributed by atoms with Crippen molar-refractivity contribution in [2.45, 2.75) is 13.2 Å². The van der Waals surface area contributed by atoms with Crippen LogP contribution >= 0.6 is 0 Å². The van der Waals surface area contributed by atoms with Crippen LogP contribution in [0.25, 0.3) is 0 Å². The van der Waals surface area contributed by atoms with Gasteiger partial charge in [0, 0.05) is 14.2 Å². The summed E-state index contributed by atoms with van der Waals surface area (Å²) in [5.41, 5.74) is 1.37. The van der Waals surface area contributed by atoms with E-state index in [9.17, 15) is 4.79 Å². The van der Waals surface area contributed by atoms with Gasteiger partial charge in [-0.3, -0.25) is 0 Å². The Morgan fingerprint density at radius 3 is 2.39 bits per heavy atom. The van der Waals surface area contributed by atoms with Crippen LogP contribution in [-0.2, 0) is 14.2 Å². The number of methoxy groups -OCH3 is 3. The number of esters is 1. The highest BCUT2D eigenvalue weighted by atomic mass is 16.7. The number of carbonyl (C=O) groups is 1. The molecule has 0 radical (unpaired) electrons. The van der Waals surface area contributed by atoms with Crippen molar-refractivity contribution in [3.8, 4) is 5.75 Å². The minimum atomic E-state index is -0.438. The third-order valence-electron chi connectivity index (χ3n) is 2.38. The SMILES string of the molecule is COC(=O)c1cc(C)cc(OCC(OC)OC)c1. The highest BCUT2D eigenvalue weighted by molar-refractivity contribution is 5.90. The van der Waals surface area contributed by atoms with Gasteiger partial charge in [0.1, 0.15) is 12.4 Å². The first-order valence-corrected chi connectivity index (χ1v) is 5.49. The molecule has 0 fully saturated rings. The van der Waals surface area contributed by atoms with Crippen LogP contribution in [0, 0.1) is 6.92 Å².